The summed E-state index contributed by atoms with van der Waals surface area (Å²) in [6.45, 7) is 10.7. The van der Waals surface area contributed by atoms with Gasteiger partial charge in [0, 0.05) is 24.7 Å². The van der Waals surface area contributed by atoms with Gasteiger partial charge in [-0.1, -0.05) is 35.6 Å². The van der Waals surface area contributed by atoms with Crippen molar-refractivity contribution in [1.82, 2.24) is 4.90 Å². The average molecular weight is 608 g/mol. The number of amides is 1. The molecule has 36 heavy (non-hydrogen) atoms. The maximum atomic E-state index is 14.9. The highest BCUT2D eigenvalue weighted by atomic mass is 79.9. The van der Waals surface area contributed by atoms with Crippen LogP contribution in [-0.2, 0) is 24.5 Å². The standard InChI is InChI=1S/C24H33BrF2N2O5SSi/c1-23(2,3)34-22(31)29(15-33-10-11-36(5,6)7)21-28-24(14-26,13-19(35-21)20(30)32-4)17-12-16(25)8-9-18(17)27/h8-9,12-13H,10-11,14-15H2,1-7H3/t24-/m1/s1. The molecule has 7 nitrogen and oxygen atoms in total. The van der Waals surface area contributed by atoms with Crippen LogP contribution in [0.3, 0.4) is 0 Å². The number of rotatable bonds is 8. The Morgan fingerprint density at radius 3 is 2.47 bits per heavy atom. The zero-order valence-electron chi connectivity index (χ0n) is 21.6. The molecule has 0 aromatic heterocycles. The molecule has 1 aliphatic heterocycles. The van der Waals surface area contributed by atoms with Gasteiger partial charge in [-0.2, -0.15) is 0 Å². The van der Waals surface area contributed by atoms with Crippen LogP contribution in [0.15, 0.2) is 38.6 Å². The van der Waals surface area contributed by atoms with Gasteiger partial charge in [0.1, 0.15) is 30.4 Å². The molecule has 0 saturated heterocycles. The number of halogens is 3. The van der Waals surface area contributed by atoms with Crippen LogP contribution >= 0.6 is 27.7 Å². The summed E-state index contributed by atoms with van der Waals surface area (Å²) in [6.07, 6.45) is 0.423. The number of esters is 1. The molecule has 0 unspecified atom stereocenters. The number of aliphatic imine (C=N–C) groups is 1. The summed E-state index contributed by atoms with van der Waals surface area (Å²) in [5.74, 6) is -1.49. The molecular formula is C24H33BrF2N2O5SSi. The van der Waals surface area contributed by atoms with Gasteiger partial charge in [0.05, 0.1) is 12.0 Å². The fourth-order valence-electron chi connectivity index (χ4n) is 3.03. The van der Waals surface area contributed by atoms with E-state index in [0.717, 1.165) is 22.7 Å². The van der Waals surface area contributed by atoms with Gasteiger partial charge in [-0.25, -0.2) is 28.3 Å². The van der Waals surface area contributed by atoms with Crippen LogP contribution in [0.2, 0.25) is 25.7 Å². The van der Waals surface area contributed by atoms with E-state index in [1.807, 2.05) is 0 Å². The molecule has 0 fully saturated rings. The first-order valence-corrected chi connectivity index (χ1v) is 16.6. The molecule has 0 radical (unpaired) electrons. The first kappa shape index (κ1) is 30.5. The largest absolute Gasteiger partial charge is 0.465 e. The van der Waals surface area contributed by atoms with Crippen molar-refractivity contribution in [2.24, 2.45) is 4.99 Å². The molecule has 1 heterocycles. The van der Waals surface area contributed by atoms with Crippen molar-refractivity contribution in [2.75, 3.05) is 27.1 Å². The van der Waals surface area contributed by atoms with Crippen LogP contribution in [0.4, 0.5) is 13.6 Å². The fraction of sp³-hybridized carbons (Fsp3) is 0.542. The summed E-state index contributed by atoms with van der Waals surface area (Å²) in [4.78, 5) is 31.2. The SMILES string of the molecule is COC(=O)C1=C[C@@](CF)(c2cc(Br)ccc2F)N=C(N(COCC[Si](C)(C)C)C(=O)OC(C)(C)C)S1. The predicted octanol–water partition coefficient (Wildman–Crippen LogP) is 6.46. The molecule has 12 heteroatoms. The van der Waals surface area contributed by atoms with Gasteiger partial charge in [0.2, 0.25) is 0 Å². The van der Waals surface area contributed by atoms with Crippen molar-refractivity contribution in [2.45, 2.75) is 57.6 Å². The Hall–Kier alpha value is -1.76. The van der Waals surface area contributed by atoms with Gasteiger partial charge in [-0.3, -0.25) is 0 Å². The molecule has 0 bridgehead atoms. The smallest absolute Gasteiger partial charge is 0.418 e. The molecule has 1 amide bonds. The van der Waals surface area contributed by atoms with E-state index in [0.29, 0.717) is 11.1 Å². The van der Waals surface area contributed by atoms with Gasteiger partial charge >= 0.3 is 12.1 Å². The predicted molar refractivity (Wildman–Crippen MR) is 144 cm³/mol. The number of hydrogen-bond acceptors (Lipinski definition) is 7. The Labute approximate surface area is 224 Å². The van der Waals surface area contributed by atoms with E-state index in [1.54, 1.807) is 20.8 Å². The quantitative estimate of drug-likeness (QED) is 0.146. The van der Waals surface area contributed by atoms with Crippen molar-refractivity contribution >= 4 is 53.0 Å². The maximum absolute atomic E-state index is 14.9. The lowest BCUT2D eigenvalue weighted by Crippen LogP contribution is -2.44. The minimum Gasteiger partial charge on any atom is -0.465 e. The zero-order valence-corrected chi connectivity index (χ0v) is 25.0. The van der Waals surface area contributed by atoms with E-state index >= 15 is 0 Å². The van der Waals surface area contributed by atoms with Crippen LogP contribution in [0, 0.1) is 5.82 Å². The van der Waals surface area contributed by atoms with Crippen LogP contribution in [-0.4, -0.2) is 62.9 Å². The molecule has 200 valence electrons. The number of methoxy groups -OCH3 is 1. The number of carbonyl (C=O) groups excluding carboxylic acids is 2. The number of ether oxygens (including phenoxy) is 3. The second-order valence-corrected chi connectivity index (χ2v) is 18.0. The maximum Gasteiger partial charge on any atom is 0.418 e. The van der Waals surface area contributed by atoms with Crippen molar-refractivity contribution in [3.63, 3.8) is 0 Å². The van der Waals surface area contributed by atoms with Crippen molar-refractivity contribution in [3.05, 3.63) is 45.0 Å². The molecule has 0 saturated carbocycles. The second-order valence-electron chi connectivity index (χ2n) is 10.4. The average Bonchev–Trinajstić information content (AvgIpc) is 2.77. The minimum atomic E-state index is -1.92. The number of nitrogens with zero attached hydrogens (tertiary/aromatic N) is 2. The number of benzene rings is 1. The van der Waals surface area contributed by atoms with Crippen LogP contribution in [0.1, 0.15) is 26.3 Å². The number of alkyl halides is 1. The van der Waals surface area contributed by atoms with Crippen molar-refractivity contribution in [3.8, 4) is 0 Å². The molecular weight excluding hydrogens is 574 g/mol. The third-order valence-electron chi connectivity index (χ3n) is 4.91. The molecule has 0 spiro atoms. The van der Waals surface area contributed by atoms with Gasteiger partial charge in [0.15, 0.2) is 5.17 Å². The van der Waals surface area contributed by atoms with Gasteiger partial charge in [-0.05, 0) is 62.9 Å². The third kappa shape index (κ3) is 8.39. The van der Waals surface area contributed by atoms with Gasteiger partial charge < -0.3 is 14.2 Å². The normalized spacial score (nSPS) is 18.3. The summed E-state index contributed by atoms with van der Waals surface area (Å²) in [7, 11) is -0.233. The summed E-state index contributed by atoms with van der Waals surface area (Å²) in [5.41, 5.74) is -2.87. The Morgan fingerprint density at radius 1 is 1.25 bits per heavy atom. The van der Waals surface area contributed by atoms with Crippen LogP contribution in [0.5, 0.6) is 0 Å². The fourth-order valence-corrected chi connectivity index (χ4v) is 5.21. The van der Waals surface area contributed by atoms with Crippen LogP contribution in [0.25, 0.3) is 0 Å². The van der Waals surface area contributed by atoms with Crippen molar-refractivity contribution in [1.29, 1.82) is 0 Å². The van der Waals surface area contributed by atoms with E-state index in [9.17, 15) is 18.4 Å². The first-order valence-electron chi connectivity index (χ1n) is 11.3. The zero-order chi connectivity index (χ0) is 27.3. The van der Waals surface area contributed by atoms with Gasteiger partial charge in [-0.15, -0.1) is 0 Å². The highest BCUT2D eigenvalue weighted by molar-refractivity contribution is 9.10. The van der Waals surface area contributed by atoms with E-state index in [1.165, 1.54) is 31.4 Å². The first-order chi connectivity index (χ1) is 16.6. The lowest BCUT2D eigenvalue weighted by atomic mass is 9.90. The van der Waals surface area contributed by atoms with Gasteiger partial charge in [0.25, 0.3) is 0 Å². The highest BCUT2D eigenvalue weighted by Crippen LogP contribution is 2.41. The molecule has 1 aromatic rings. The van der Waals surface area contributed by atoms with E-state index in [4.69, 9.17) is 14.2 Å². The second kappa shape index (κ2) is 12.2. The number of amidine groups is 1. The Balaban J connectivity index is 2.59. The molecule has 1 aromatic carbocycles. The number of thioether (sulfide) groups is 1. The van der Waals surface area contributed by atoms with Crippen LogP contribution < -0.4 is 0 Å². The molecule has 0 N–H and O–H groups in total. The molecule has 1 aliphatic rings. The Morgan fingerprint density at radius 2 is 1.92 bits per heavy atom. The third-order valence-corrected chi connectivity index (χ3v) is 8.11. The van der Waals surface area contributed by atoms with E-state index < -0.39 is 43.8 Å². The summed E-state index contributed by atoms with van der Waals surface area (Å²) in [6, 6.07) is 4.88. The van der Waals surface area contributed by atoms with E-state index in [-0.39, 0.29) is 22.4 Å². The Kier molecular flexibility index (Phi) is 10.3. The monoisotopic (exact) mass is 606 g/mol. The summed E-state index contributed by atoms with van der Waals surface area (Å²) in [5, 5.41) is -0.0721. The lowest BCUT2D eigenvalue weighted by Gasteiger charge is -2.34. The topological polar surface area (TPSA) is 77.4 Å². The lowest BCUT2D eigenvalue weighted by molar-refractivity contribution is -0.135. The molecule has 1 atom stereocenters. The highest BCUT2D eigenvalue weighted by Gasteiger charge is 2.41. The molecule has 2 rings (SSSR count). The Bertz CT molecular complexity index is 1040. The van der Waals surface area contributed by atoms with Crippen molar-refractivity contribution < 1.29 is 32.6 Å². The number of carbonyl (C=O) groups is 2. The molecule has 0 aliphatic carbocycles. The minimum absolute atomic E-state index is 0.0461. The summed E-state index contributed by atoms with van der Waals surface area (Å²) < 4.78 is 46.4. The summed E-state index contributed by atoms with van der Waals surface area (Å²) >= 11 is 4.08. The van der Waals surface area contributed by atoms with E-state index in [2.05, 4.69) is 40.6 Å². The number of hydrogen-bond donors (Lipinski definition) is 0.